The van der Waals surface area contributed by atoms with Crippen molar-refractivity contribution in [3.63, 3.8) is 0 Å². The van der Waals surface area contributed by atoms with Crippen LogP contribution in [0.15, 0.2) is 24.3 Å². The summed E-state index contributed by atoms with van der Waals surface area (Å²) in [4.78, 5) is 2.57. The second kappa shape index (κ2) is 6.90. The zero-order valence-corrected chi connectivity index (χ0v) is 12.0. The molecule has 1 aromatic carbocycles. The Morgan fingerprint density at radius 1 is 1.37 bits per heavy atom. The van der Waals surface area contributed by atoms with Gasteiger partial charge in [-0.3, -0.25) is 0 Å². The van der Waals surface area contributed by atoms with E-state index in [-0.39, 0.29) is 5.82 Å². The minimum Gasteiger partial charge on any atom is -0.382 e. The van der Waals surface area contributed by atoms with Crippen molar-refractivity contribution in [3.05, 3.63) is 30.1 Å². The fraction of sp³-hybridized carbons (Fsp3) is 0.625. The van der Waals surface area contributed by atoms with Gasteiger partial charge in [-0.2, -0.15) is 0 Å². The van der Waals surface area contributed by atoms with E-state index in [4.69, 9.17) is 0 Å². The highest BCUT2D eigenvalue weighted by atomic mass is 19.1. The van der Waals surface area contributed by atoms with Gasteiger partial charge < -0.3 is 10.2 Å². The zero-order valence-electron chi connectivity index (χ0n) is 12.0. The minimum atomic E-state index is -0.176. The maximum absolute atomic E-state index is 12.9. The lowest BCUT2D eigenvalue weighted by Crippen LogP contribution is -2.42. The molecule has 0 amide bonds. The summed E-state index contributed by atoms with van der Waals surface area (Å²) in [5.74, 6) is 0.510. The van der Waals surface area contributed by atoms with E-state index < -0.39 is 0 Å². The summed E-state index contributed by atoms with van der Waals surface area (Å²) in [6, 6.07) is 7.10. The third-order valence-electron chi connectivity index (χ3n) is 4.03. The first-order valence-corrected chi connectivity index (χ1v) is 7.43. The number of anilines is 1. The van der Waals surface area contributed by atoms with Crippen molar-refractivity contribution >= 4 is 5.69 Å². The average molecular weight is 264 g/mol. The Morgan fingerprint density at radius 3 is 2.79 bits per heavy atom. The predicted molar refractivity (Wildman–Crippen MR) is 78.9 cm³/mol. The van der Waals surface area contributed by atoms with Gasteiger partial charge in [-0.25, -0.2) is 4.39 Å². The number of nitrogens with zero attached hydrogens (tertiary/aromatic N) is 1. The Bertz CT molecular complexity index is 375. The first kappa shape index (κ1) is 14.3. The summed E-state index contributed by atoms with van der Waals surface area (Å²) < 4.78 is 12.9. The molecular weight excluding hydrogens is 239 g/mol. The Balaban J connectivity index is 1.88. The molecule has 0 aromatic heterocycles. The molecule has 1 aliphatic rings. The van der Waals surface area contributed by atoms with Crippen LogP contribution in [0.2, 0.25) is 0 Å². The Labute approximate surface area is 116 Å². The highest BCUT2D eigenvalue weighted by Gasteiger charge is 2.23. The van der Waals surface area contributed by atoms with Crippen LogP contribution in [0.3, 0.4) is 0 Å². The Kier molecular flexibility index (Phi) is 5.20. The van der Waals surface area contributed by atoms with Gasteiger partial charge in [0.15, 0.2) is 0 Å². The fourth-order valence-corrected chi connectivity index (χ4v) is 2.95. The standard InChI is InChI=1S/C16H25FN2/c1-3-10-19-11-4-5-14(12-19)13(2)18-16-8-6-15(17)7-9-16/h6-9,13-14,18H,3-5,10-12H2,1-2H3. The van der Waals surface area contributed by atoms with Crippen LogP contribution in [-0.4, -0.2) is 30.6 Å². The first-order valence-electron chi connectivity index (χ1n) is 7.43. The highest BCUT2D eigenvalue weighted by molar-refractivity contribution is 5.43. The smallest absolute Gasteiger partial charge is 0.123 e. The average Bonchev–Trinajstić information content (AvgIpc) is 2.42. The zero-order chi connectivity index (χ0) is 13.7. The van der Waals surface area contributed by atoms with Gasteiger partial charge in [0.25, 0.3) is 0 Å². The summed E-state index contributed by atoms with van der Waals surface area (Å²) in [7, 11) is 0. The lowest BCUT2D eigenvalue weighted by molar-refractivity contribution is 0.165. The minimum absolute atomic E-state index is 0.176. The number of halogens is 1. The number of likely N-dealkylation sites (tertiary alicyclic amines) is 1. The van der Waals surface area contributed by atoms with E-state index in [0.29, 0.717) is 12.0 Å². The third-order valence-corrected chi connectivity index (χ3v) is 4.03. The number of rotatable bonds is 5. The van der Waals surface area contributed by atoms with Crippen LogP contribution >= 0.6 is 0 Å². The van der Waals surface area contributed by atoms with E-state index in [1.807, 2.05) is 12.1 Å². The maximum atomic E-state index is 12.9. The van der Waals surface area contributed by atoms with Crippen LogP contribution in [0.4, 0.5) is 10.1 Å². The summed E-state index contributed by atoms with van der Waals surface area (Å²) in [6.45, 7) is 8.11. The van der Waals surface area contributed by atoms with Gasteiger partial charge in [0, 0.05) is 18.3 Å². The van der Waals surface area contributed by atoms with Crippen LogP contribution < -0.4 is 5.32 Å². The van der Waals surface area contributed by atoms with E-state index >= 15 is 0 Å². The quantitative estimate of drug-likeness (QED) is 0.871. The van der Waals surface area contributed by atoms with Crippen LogP contribution in [0.25, 0.3) is 0 Å². The van der Waals surface area contributed by atoms with Crippen molar-refractivity contribution in [1.82, 2.24) is 4.90 Å². The van der Waals surface area contributed by atoms with Crippen molar-refractivity contribution in [3.8, 4) is 0 Å². The number of hydrogen-bond acceptors (Lipinski definition) is 2. The van der Waals surface area contributed by atoms with Gasteiger partial charge in [0.1, 0.15) is 5.82 Å². The number of piperidine rings is 1. The van der Waals surface area contributed by atoms with Crippen molar-refractivity contribution in [2.75, 3.05) is 25.0 Å². The molecule has 0 aliphatic carbocycles. The molecule has 1 aromatic rings. The van der Waals surface area contributed by atoms with Gasteiger partial charge in [-0.05, 0) is 69.5 Å². The molecule has 0 spiro atoms. The molecular formula is C16H25FN2. The van der Waals surface area contributed by atoms with Crippen LogP contribution in [0.1, 0.15) is 33.1 Å². The van der Waals surface area contributed by atoms with E-state index in [1.165, 1.54) is 51.0 Å². The van der Waals surface area contributed by atoms with Crippen molar-refractivity contribution in [1.29, 1.82) is 0 Å². The molecule has 2 rings (SSSR count). The third kappa shape index (κ3) is 4.20. The van der Waals surface area contributed by atoms with Gasteiger partial charge >= 0.3 is 0 Å². The molecule has 106 valence electrons. The van der Waals surface area contributed by atoms with Gasteiger partial charge in [-0.15, -0.1) is 0 Å². The molecule has 1 heterocycles. The van der Waals surface area contributed by atoms with Crippen molar-refractivity contribution < 1.29 is 4.39 Å². The molecule has 1 N–H and O–H groups in total. The molecule has 0 bridgehead atoms. The molecule has 2 unspecified atom stereocenters. The van der Waals surface area contributed by atoms with Crippen LogP contribution in [0.5, 0.6) is 0 Å². The highest BCUT2D eigenvalue weighted by Crippen LogP contribution is 2.22. The fourth-order valence-electron chi connectivity index (χ4n) is 2.95. The second-order valence-electron chi connectivity index (χ2n) is 5.64. The Morgan fingerprint density at radius 2 is 2.11 bits per heavy atom. The summed E-state index contributed by atoms with van der Waals surface area (Å²) in [6.07, 6.45) is 3.81. The molecule has 1 saturated heterocycles. The summed E-state index contributed by atoms with van der Waals surface area (Å²) >= 11 is 0. The van der Waals surface area contributed by atoms with Crippen molar-refractivity contribution in [2.24, 2.45) is 5.92 Å². The Hall–Kier alpha value is -1.09. The van der Waals surface area contributed by atoms with E-state index in [1.54, 1.807) is 0 Å². The summed E-state index contributed by atoms with van der Waals surface area (Å²) in [5, 5.41) is 3.51. The molecule has 19 heavy (non-hydrogen) atoms. The van der Waals surface area contributed by atoms with E-state index in [2.05, 4.69) is 24.1 Å². The maximum Gasteiger partial charge on any atom is 0.123 e. The van der Waals surface area contributed by atoms with Gasteiger partial charge in [-0.1, -0.05) is 6.92 Å². The first-order chi connectivity index (χ1) is 9.19. The molecule has 0 saturated carbocycles. The number of benzene rings is 1. The van der Waals surface area contributed by atoms with Crippen LogP contribution in [-0.2, 0) is 0 Å². The van der Waals surface area contributed by atoms with E-state index in [9.17, 15) is 4.39 Å². The monoisotopic (exact) mass is 264 g/mol. The molecule has 2 nitrogen and oxygen atoms in total. The predicted octanol–water partition coefficient (Wildman–Crippen LogP) is 3.75. The van der Waals surface area contributed by atoms with Gasteiger partial charge in [0.2, 0.25) is 0 Å². The molecule has 1 aliphatic heterocycles. The summed E-state index contributed by atoms with van der Waals surface area (Å²) in [5.41, 5.74) is 1.02. The SMILES string of the molecule is CCCN1CCCC(C(C)Nc2ccc(F)cc2)C1. The van der Waals surface area contributed by atoms with Gasteiger partial charge in [0.05, 0.1) is 0 Å². The van der Waals surface area contributed by atoms with Crippen molar-refractivity contribution in [2.45, 2.75) is 39.2 Å². The lowest BCUT2D eigenvalue weighted by Gasteiger charge is -2.36. The number of nitrogens with one attached hydrogen (secondary N) is 1. The van der Waals surface area contributed by atoms with Crippen LogP contribution in [0, 0.1) is 11.7 Å². The van der Waals surface area contributed by atoms with E-state index in [0.717, 1.165) is 5.69 Å². The second-order valence-corrected chi connectivity index (χ2v) is 5.64. The largest absolute Gasteiger partial charge is 0.382 e. The molecule has 2 atom stereocenters. The molecule has 1 fully saturated rings. The number of hydrogen-bond donors (Lipinski definition) is 1. The molecule has 3 heteroatoms. The lowest BCUT2D eigenvalue weighted by atomic mass is 9.91. The molecule has 0 radical (unpaired) electrons. The topological polar surface area (TPSA) is 15.3 Å². The normalized spacial score (nSPS) is 22.2.